The number of sulfonamides is 1. The van der Waals surface area contributed by atoms with E-state index in [1.54, 1.807) is 11.9 Å². The van der Waals surface area contributed by atoms with E-state index in [-0.39, 0.29) is 22.5 Å². The predicted octanol–water partition coefficient (Wildman–Crippen LogP) is 1.43. The molecule has 2 aliphatic rings. The molecule has 2 aromatic rings. The minimum absolute atomic E-state index is 0.145. The Labute approximate surface area is 169 Å². The first-order valence-corrected chi connectivity index (χ1v) is 10.9. The molecule has 2 fully saturated rings. The third-order valence-corrected chi connectivity index (χ3v) is 7.25. The van der Waals surface area contributed by atoms with Crippen molar-refractivity contribution in [2.45, 2.75) is 18.0 Å². The normalized spacial score (nSPS) is 20.5. The number of benzene rings is 1. The smallest absolute Gasteiger partial charge is 0.263 e. The highest BCUT2D eigenvalue weighted by Crippen LogP contribution is 2.27. The van der Waals surface area contributed by atoms with E-state index >= 15 is 0 Å². The Kier molecular flexibility index (Phi) is 4.84. The van der Waals surface area contributed by atoms with Gasteiger partial charge in [0.05, 0.1) is 5.56 Å². The zero-order valence-electron chi connectivity index (χ0n) is 15.7. The number of rotatable bonds is 4. The number of anilines is 1. The standard InChI is InChI=1S/C18H22ClN5O3S/c1-13-11-24(13)18(25)16-12-21(2)20-17(16)28(26,27)23-9-7-22(8-10-23)15-5-3-14(19)4-6-15/h3-6,12-13H,7-11H2,1-2H3. The summed E-state index contributed by atoms with van der Waals surface area (Å²) in [6, 6.07) is 7.63. The van der Waals surface area contributed by atoms with Crippen molar-refractivity contribution in [2.75, 3.05) is 37.6 Å². The number of nitrogens with zero attached hydrogens (tertiary/aromatic N) is 5. The summed E-state index contributed by atoms with van der Waals surface area (Å²) in [7, 11) is -2.22. The van der Waals surface area contributed by atoms with Gasteiger partial charge in [-0.15, -0.1) is 0 Å². The summed E-state index contributed by atoms with van der Waals surface area (Å²) in [5.41, 5.74) is 1.15. The lowest BCUT2D eigenvalue weighted by molar-refractivity contribution is 0.0872. The molecule has 0 N–H and O–H groups in total. The van der Waals surface area contributed by atoms with Gasteiger partial charge in [0.1, 0.15) is 0 Å². The molecule has 10 heteroatoms. The quantitative estimate of drug-likeness (QED) is 0.695. The van der Waals surface area contributed by atoms with Crippen LogP contribution < -0.4 is 4.90 Å². The van der Waals surface area contributed by atoms with E-state index in [0.717, 1.165) is 5.69 Å². The van der Waals surface area contributed by atoms with Crippen molar-refractivity contribution >= 4 is 33.2 Å². The van der Waals surface area contributed by atoms with Gasteiger partial charge in [-0.2, -0.15) is 9.40 Å². The van der Waals surface area contributed by atoms with Crippen molar-refractivity contribution in [3.05, 3.63) is 41.0 Å². The number of carbonyl (C=O) groups excluding carboxylic acids is 1. The van der Waals surface area contributed by atoms with E-state index < -0.39 is 10.0 Å². The molecule has 2 saturated heterocycles. The van der Waals surface area contributed by atoms with Crippen LogP contribution in [0.15, 0.2) is 35.5 Å². The molecule has 1 aromatic heterocycles. The molecular weight excluding hydrogens is 402 g/mol. The minimum Gasteiger partial charge on any atom is -0.369 e. The number of hydrogen-bond donors (Lipinski definition) is 0. The molecule has 0 spiro atoms. The third-order valence-electron chi connectivity index (χ3n) is 5.16. The van der Waals surface area contributed by atoms with Gasteiger partial charge >= 0.3 is 0 Å². The number of piperazine rings is 1. The first-order chi connectivity index (χ1) is 13.3. The third kappa shape index (κ3) is 3.49. The molecule has 0 saturated carbocycles. The second kappa shape index (κ2) is 7.06. The maximum Gasteiger partial charge on any atom is 0.263 e. The summed E-state index contributed by atoms with van der Waals surface area (Å²) in [4.78, 5) is 16.4. The lowest BCUT2D eigenvalue weighted by Crippen LogP contribution is -2.49. The average molecular weight is 424 g/mol. The van der Waals surface area contributed by atoms with Crippen molar-refractivity contribution in [3.8, 4) is 0 Å². The van der Waals surface area contributed by atoms with E-state index in [0.29, 0.717) is 37.7 Å². The van der Waals surface area contributed by atoms with Crippen LogP contribution in [0.4, 0.5) is 5.69 Å². The van der Waals surface area contributed by atoms with Crippen molar-refractivity contribution in [3.63, 3.8) is 0 Å². The van der Waals surface area contributed by atoms with Crippen LogP contribution in [0, 0.1) is 0 Å². The Hall–Kier alpha value is -2.10. The average Bonchev–Trinajstić information content (AvgIpc) is 3.27. The fourth-order valence-corrected chi connectivity index (χ4v) is 5.11. The zero-order valence-corrected chi connectivity index (χ0v) is 17.3. The summed E-state index contributed by atoms with van der Waals surface area (Å²) in [5.74, 6) is -0.279. The maximum atomic E-state index is 13.2. The van der Waals surface area contributed by atoms with Gasteiger partial charge in [-0.25, -0.2) is 8.42 Å². The number of halogens is 1. The van der Waals surface area contributed by atoms with E-state index in [4.69, 9.17) is 11.6 Å². The predicted molar refractivity (Wildman–Crippen MR) is 106 cm³/mol. The van der Waals surface area contributed by atoms with Crippen LogP contribution in [0.1, 0.15) is 17.3 Å². The first kappa shape index (κ1) is 19.2. The van der Waals surface area contributed by atoms with E-state index in [1.165, 1.54) is 15.2 Å². The number of hydrogen-bond acceptors (Lipinski definition) is 5. The summed E-state index contributed by atoms with van der Waals surface area (Å²) >= 11 is 5.93. The SMILES string of the molecule is CC1CN1C(=O)c1cn(C)nc1S(=O)(=O)N1CCN(c2ccc(Cl)cc2)CC1. The summed E-state index contributed by atoms with van der Waals surface area (Å²) in [6.07, 6.45) is 1.49. The highest BCUT2D eigenvalue weighted by atomic mass is 35.5. The monoisotopic (exact) mass is 423 g/mol. The molecule has 4 rings (SSSR count). The van der Waals surface area contributed by atoms with E-state index in [9.17, 15) is 13.2 Å². The van der Waals surface area contributed by atoms with Crippen LogP contribution in [-0.2, 0) is 17.1 Å². The van der Waals surface area contributed by atoms with Crippen LogP contribution >= 0.6 is 11.6 Å². The molecule has 1 unspecified atom stereocenters. The van der Waals surface area contributed by atoms with Crippen molar-refractivity contribution in [1.29, 1.82) is 0 Å². The topological polar surface area (TPSA) is 78.5 Å². The number of carbonyl (C=O) groups is 1. The minimum atomic E-state index is -3.85. The van der Waals surface area contributed by atoms with Crippen LogP contribution in [0.2, 0.25) is 5.02 Å². The second-order valence-electron chi connectivity index (χ2n) is 7.20. The molecule has 8 nitrogen and oxygen atoms in total. The molecule has 1 amide bonds. The van der Waals surface area contributed by atoms with Crippen LogP contribution in [0.25, 0.3) is 0 Å². The van der Waals surface area contributed by atoms with Crippen LogP contribution in [0.5, 0.6) is 0 Å². The Morgan fingerprint density at radius 3 is 2.32 bits per heavy atom. The zero-order chi connectivity index (χ0) is 20.1. The molecule has 0 aliphatic carbocycles. The first-order valence-electron chi connectivity index (χ1n) is 9.12. The summed E-state index contributed by atoms with van der Waals surface area (Å²) in [5, 5.41) is 4.62. The molecule has 0 radical (unpaired) electrons. The largest absolute Gasteiger partial charge is 0.369 e. The molecular formula is C18H22ClN5O3S. The van der Waals surface area contributed by atoms with Crippen molar-refractivity contribution in [1.82, 2.24) is 19.0 Å². The van der Waals surface area contributed by atoms with Crippen LogP contribution in [0.3, 0.4) is 0 Å². The van der Waals surface area contributed by atoms with Gasteiger partial charge in [-0.05, 0) is 31.2 Å². The molecule has 1 aromatic carbocycles. The van der Waals surface area contributed by atoms with E-state index in [1.807, 2.05) is 31.2 Å². The van der Waals surface area contributed by atoms with Gasteiger partial charge in [-0.1, -0.05) is 11.6 Å². The lowest BCUT2D eigenvalue weighted by atomic mass is 10.2. The van der Waals surface area contributed by atoms with Crippen molar-refractivity contribution < 1.29 is 13.2 Å². The Bertz CT molecular complexity index is 997. The van der Waals surface area contributed by atoms with Gasteiger partial charge in [0.15, 0.2) is 0 Å². The summed E-state index contributed by atoms with van der Waals surface area (Å²) in [6.45, 7) is 4.34. The number of aromatic nitrogens is 2. The van der Waals surface area contributed by atoms with Crippen molar-refractivity contribution in [2.24, 2.45) is 7.05 Å². The molecule has 0 bridgehead atoms. The molecule has 3 heterocycles. The molecule has 2 aliphatic heterocycles. The lowest BCUT2D eigenvalue weighted by Gasteiger charge is -2.35. The second-order valence-corrected chi connectivity index (χ2v) is 9.49. The highest BCUT2D eigenvalue weighted by Gasteiger charge is 2.40. The fourth-order valence-electron chi connectivity index (χ4n) is 3.44. The Balaban J connectivity index is 1.52. The highest BCUT2D eigenvalue weighted by molar-refractivity contribution is 7.89. The van der Waals surface area contributed by atoms with Crippen LogP contribution in [-0.4, -0.2) is 72.1 Å². The van der Waals surface area contributed by atoms with E-state index in [2.05, 4.69) is 10.00 Å². The Morgan fingerprint density at radius 2 is 1.75 bits per heavy atom. The Morgan fingerprint density at radius 1 is 1.14 bits per heavy atom. The molecule has 28 heavy (non-hydrogen) atoms. The van der Waals surface area contributed by atoms with Gasteiger partial charge in [-0.3, -0.25) is 9.48 Å². The molecule has 1 atom stereocenters. The fraction of sp³-hybridized carbons (Fsp3) is 0.444. The van der Waals surface area contributed by atoms with Gasteiger partial charge in [0.25, 0.3) is 15.9 Å². The van der Waals surface area contributed by atoms with Gasteiger partial charge in [0, 0.05) is 62.7 Å². The van der Waals surface area contributed by atoms with Gasteiger partial charge < -0.3 is 9.80 Å². The maximum absolute atomic E-state index is 13.2. The van der Waals surface area contributed by atoms with Gasteiger partial charge in [0.2, 0.25) is 5.03 Å². The number of amides is 1. The molecule has 150 valence electrons. The summed E-state index contributed by atoms with van der Waals surface area (Å²) < 4.78 is 29.2. The number of aryl methyl sites for hydroxylation is 1.